The van der Waals surface area contributed by atoms with Crippen molar-refractivity contribution in [2.24, 2.45) is 5.92 Å². The molecule has 1 unspecified atom stereocenters. The third kappa shape index (κ3) is 4.31. The van der Waals surface area contributed by atoms with E-state index in [4.69, 9.17) is 9.47 Å². The molecule has 1 aromatic heterocycles. The number of carbonyl (C=O) groups excluding carboxylic acids is 2. The predicted molar refractivity (Wildman–Crippen MR) is 138 cm³/mol. The van der Waals surface area contributed by atoms with Gasteiger partial charge in [0, 0.05) is 54.8 Å². The van der Waals surface area contributed by atoms with Gasteiger partial charge in [0.1, 0.15) is 11.9 Å². The topological polar surface area (TPSA) is 93.1 Å². The van der Waals surface area contributed by atoms with Gasteiger partial charge in [-0.1, -0.05) is 0 Å². The lowest BCUT2D eigenvalue weighted by Crippen LogP contribution is -2.52. The molecule has 36 heavy (non-hydrogen) atoms. The third-order valence-electron chi connectivity index (χ3n) is 6.92. The van der Waals surface area contributed by atoms with Crippen molar-refractivity contribution < 1.29 is 19.1 Å². The Balaban J connectivity index is 1.07. The molecule has 2 saturated heterocycles. The predicted octanol–water partition coefficient (Wildman–Crippen LogP) is 3.01. The fourth-order valence-electron chi connectivity index (χ4n) is 5.14. The van der Waals surface area contributed by atoms with Crippen molar-refractivity contribution in [3.8, 4) is 5.75 Å². The molecule has 0 radical (unpaired) electrons. The molecular formula is C26H26N4O5S. The molecule has 9 nitrogen and oxygen atoms in total. The number of fused-ring (bicyclic) bond motifs is 2. The van der Waals surface area contributed by atoms with Gasteiger partial charge in [-0.3, -0.25) is 19.4 Å². The Hall–Kier alpha value is -3.50. The standard InChI is InChI=1S/C26H26N4O5S/c1-34-19-5-2-17-3-7-25(32)30(22(17)9-19)12-16-10-28(11-16)13-20-14-29(26(33)35-20)18-4-6-23-21(8-18)27-24(31)15-36-23/h2-9,16,20H,10-15H2,1H3,(H,27,31). The van der Waals surface area contributed by atoms with Crippen LogP contribution in [0.5, 0.6) is 5.75 Å². The minimum atomic E-state index is -0.372. The Kier molecular flexibility index (Phi) is 5.85. The zero-order chi connectivity index (χ0) is 24.8. The number of methoxy groups -OCH3 is 1. The van der Waals surface area contributed by atoms with E-state index >= 15 is 0 Å². The molecule has 2 amide bonds. The zero-order valence-corrected chi connectivity index (χ0v) is 20.6. The van der Waals surface area contributed by atoms with Crippen molar-refractivity contribution in [2.75, 3.05) is 49.3 Å². The number of amides is 2. The number of nitrogens with one attached hydrogen (secondary N) is 1. The highest BCUT2D eigenvalue weighted by atomic mass is 32.2. The van der Waals surface area contributed by atoms with Crippen molar-refractivity contribution in [3.63, 3.8) is 0 Å². The molecular weight excluding hydrogens is 480 g/mol. The van der Waals surface area contributed by atoms with Gasteiger partial charge in [0.2, 0.25) is 5.91 Å². The van der Waals surface area contributed by atoms with E-state index in [0.717, 1.165) is 46.0 Å². The molecule has 0 saturated carbocycles. The highest BCUT2D eigenvalue weighted by Gasteiger charge is 2.37. The van der Waals surface area contributed by atoms with Gasteiger partial charge in [0.05, 0.1) is 30.6 Å². The Morgan fingerprint density at radius 1 is 1.03 bits per heavy atom. The average Bonchev–Trinajstić information content (AvgIpc) is 3.23. The maximum absolute atomic E-state index is 12.6. The van der Waals surface area contributed by atoms with E-state index in [1.54, 1.807) is 18.1 Å². The van der Waals surface area contributed by atoms with Crippen LogP contribution in [0.1, 0.15) is 0 Å². The maximum Gasteiger partial charge on any atom is 0.414 e. The summed E-state index contributed by atoms with van der Waals surface area (Å²) in [6, 6.07) is 14.9. The van der Waals surface area contributed by atoms with Gasteiger partial charge in [0.25, 0.3) is 5.56 Å². The van der Waals surface area contributed by atoms with Crippen molar-refractivity contribution >= 4 is 46.0 Å². The molecule has 0 spiro atoms. The first-order valence-electron chi connectivity index (χ1n) is 11.9. The summed E-state index contributed by atoms with van der Waals surface area (Å²) < 4.78 is 12.8. The molecule has 2 aromatic carbocycles. The van der Waals surface area contributed by atoms with Crippen LogP contribution in [0.4, 0.5) is 16.2 Å². The van der Waals surface area contributed by atoms with Crippen LogP contribution in [0.2, 0.25) is 0 Å². The Bertz CT molecular complexity index is 1420. The van der Waals surface area contributed by atoms with E-state index in [0.29, 0.717) is 31.3 Å². The average molecular weight is 507 g/mol. The van der Waals surface area contributed by atoms with Gasteiger partial charge in [-0.25, -0.2) is 4.79 Å². The number of ether oxygens (including phenoxy) is 2. The Morgan fingerprint density at radius 2 is 1.86 bits per heavy atom. The number of aromatic nitrogens is 1. The van der Waals surface area contributed by atoms with E-state index in [1.807, 2.05) is 47.0 Å². The maximum atomic E-state index is 12.6. The molecule has 1 N–H and O–H groups in total. The lowest BCUT2D eigenvalue weighted by Gasteiger charge is -2.40. The molecule has 3 aromatic rings. The van der Waals surface area contributed by atoms with E-state index in [1.165, 1.54) is 11.8 Å². The first-order chi connectivity index (χ1) is 17.5. The summed E-state index contributed by atoms with van der Waals surface area (Å²) in [6.07, 6.45) is -0.606. The molecule has 6 rings (SSSR count). The molecule has 10 heteroatoms. The SMILES string of the molecule is COc1ccc2ccc(=O)n(CC3CN(CC4CN(c5ccc6c(c5)NC(=O)CS6)C(=O)O4)C3)c2c1. The highest BCUT2D eigenvalue weighted by Crippen LogP contribution is 2.35. The van der Waals surface area contributed by atoms with Gasteiger partial charge >= 0.3 is 6.09 Å². The monoisotopic (exact) mass is 506 g/mol. The van der Waals surface area contributed by atoms with Gasteiger partial charge in [-0.15, -0.1) is 11.8 Å². The number of hydrogen-bond donors (Lipinski definition) is 1. The number of benzene rings is 2. The zero-order valence-electron chi connectivity index (χ0n) is 19.8. The van der Waals surface area contributed by atoms with Crippen LogP contribution in [-0.4, -0.2) is 66.6 Å². The molecule has 0 bridgehead atoms. The minimum Gasteiger partial charge on any atom is -0.497 e. The Labute approximate surface area is 212 Å². The highest BCUT2D eigenvalue weighted by molar-refractivity contribution is 8.00. The lowest BCUT2D eigenvalue weighted by atomic mass is 9.99. The minimum absolute atomic E-state index is 0.0193. The van der Waals surface area contributed by atoms with Gasteiger partial charge < -0.3 is 19.4 Å². The fourth-order valence-corrected chi connectivity index (χ4v) is 5.93. The summed E-state index contributed by atoms with van der Waals surface area (Å²) in [4.78, 5) is 41.8. The number of likely N-dealkylation sites (tertiary alicyclic amines) is 1. The number of rotatable bonds is 6. The number of pyridine rings is 1. The van der Waals surface area contributed by atoms with Gasteiger partial charge in [0.15, 0.2) is 0 Å². The fraction of sp³-hybridized carbons (Fsp3) is 0.346. The third-order valence-corrected chi connectivity index (χ3v) is 7.99. The Morgan fingerprint density at radius 3 is 2.69 bits per heavy atom. The van der Waals surface area contributed by atoms with Crippen LogP contribution in [-0.2, 0) is 16.1 Å². The number of anilines is 2. The molecule has 186 valence electrons. The van der Waals surface area contributed by atoms with Gasteiger partial charge in [-0.05, 0) is 41.8 Å². The van der Waals surface area contributed by atoms with Crippen LogP contribution in [0, 0.1) is 5.92 Å². The summed E-state index contributed by atoms with van der Waals surface area (Å²) in [7, 11) is 1.62. The van der Waals surface area contributed by atoms with Crippen LogP contribution >= 0.6 is 11.8 Å². The summed E-state index contributed by atoms with van der Waals surface area (Å²) in [5, 5.41) is 3.87. The van der Waals surface area contributed by atoms with Crippen LogP contribution in [0.25, 0.3) is 10.9 Å². The van der Waals surface area contributed by atoms with Crippen molar-refractivity contribution in [1.29, 1.82) is 0 Å². The van der Waals surface area contributed by atoms with Crippen molar-refractivity contribution in [1.82, 2.24) is 9.47 Å². The van der Waals surface area contributed by atoms with E-state index in [-0.39, 0.29) is 23.7 Å². The quantitative estimate of drug-likeness (QED) is 0.549. The molecule has 3 aliphatic rings. The number of cyclic esters (lactones) is 1. The van der Waals surface area contributed by atoms with Crippen LogP contribution < -0.4 is 20.5 Å². The molecule has 2 fully saturated rings. The summed E-state index contributed by atoms with van der Waals surface area (Å²) in [6.45, 7) is 3.41. The molecule has 1 atom stereocenters. The summed E-state index contributed by atoms with van der Waals surface area (Å²) >= 11 is 1.49. The molecule has 4 heterocycles. The van der Waals surface area contributed by atoms with E-state index < -0.39 is 0 Å². The number of thioether (sulfide) groups is 1. The van der Waals surface area contributed by atoms with Crippen molar-refractivity contribution in [2.45, 2.75) is 17.5 Å². The molecule has 3 aliphatic heterocycles. The largest absolute Gasteiger partial charge is 0.497 e. The second-order valence-electron chi connectivity index (χ2n) is 9.43. The normalized spacial score (nSPS) is 20.1. The van der Waals surface area contributed by atoms with Crippen LogP contribution in [0.15, 0.2) is 58.2 Å². The molecule has 0 aliphatic carbocycles. The smallest absolute Gasteiger partial charge is 0.414 e. The first kappa shape index (κ1) is 22.9. The number of carbonyl (C=O) groups is 2. The van der Waals surface area contributed by atoms with E-state index in [2.05, 4.69) is 10.2 Å². The first-order valence-corrected chi connectivity index (χ1v) is 12.9. The van der Waals surface area contributed by atoms with Crippen LogP contribution in [0.3, 0.4) is 0 Å². The number of nitrogens with zero attached hydrogens (tertiary/aromatic N) is 3. The van der Waals surface area contributed by atoms with Crippen molar-refractivity contribution in [3.05, 3.63) is 58.9 Å². The van der Waals surface area contributed by atoms with E-state index in [9.17, 15) is 14.4 Å². The lowest BCUT2D eigenvalue weighted by molar-refractivity contribution is -0.113. The number of hydrogen-bond acceptors (Lipinski definition) is 7. The van der Waals surface area contributed by atoms with Gasteiger partial charge in [-0.2, -0.15) is 0 Å². The second-order valence-corrected chi connectivity index (χ2v) is 10.4. The summed E-state index contributed by atoms with van der Waals surface area (Å²) in [5.41, 5.74) is 2.31. The second kappa shape index (κ2) is 9.18. The summed E-state index contributed by atoms with van der Waals surface area (Å²) in [5.74, 6) is 1.43.